The van der Waals surface area contributed by atoms with Gasteiger partial charge in [-0.2, -0.15) is 0 Å². The number of hydrogen-bond donors (Lipinski definition) is 1. The van der Waals surface area contributed by atoms with Gasteiger partial charge in [-0.05, 0) is 31.1 Å². The van der Waals surface area contributed by atoms with Gasteiger partial charge < -0.3 is 4.98 Å². The fraction of sp³-hybridized carbons (Fsp3) is 0.333. The average Bonchev–Trinajstić information content (AvgIpc) is 2.27. The van der Waals surface area contributed by atoms with Crippen LogP contribution in [0.15, 0.2) is 6.07 Å². The van der Waals surface area contributed by atoms with E-state index < -0.39 is 0 Å². The van der Waals surface area contributed by atoms with Crippen molar-refractivity contribution in [2.24, 2.45) is 0 Å². The van der Waals surface area contributed by atoms with E-state index in [4.69, 9.17) is 0 Å². The number of rotatable bonds is 0. The highest BCUT2D eigenvalue weighted by molar-refractivity contribution is 5.36. The van der Waals surface area contributed by atoms with Crippen LogP contribution in [-0.4, -0.2) is 4.98 Å². The highest BCUT2D eigenvalue weighted by atomic mass is 14.7. The van der Waals surface area contributed by atoms with Crippen molar-refractivity contribution >= 4 is 12.2 Å². The number of fused-ring (bicyclic) bond motifs is 1. The summed E-state index contributed by atoms with van der Waals surface area (Å²) in [6.07, 6.45) is 6.94. The van der Waals surface area contributed by atoms with Gasteiger partial charge in [-0.25, -0.2) is 0 Å². The van der Waals surface area contributed by atoms with Crippen molar-refractivity contribution in [2.45, 2.75) is 19.8 Å². The lowest BCUT2D eigenvalue weighted by Gasteiger charge is -1.91. The molecule has 0 aliphatic heterocycles. The summed E-state index contributed by atoms with van der Waals surface area (Å²) >= 11 is 0. The van der Waals surface area contributed by atoms with Gasteiger partial charge in [0, 0.05) is 12.5 Å². The molecule has 0 radical (unpaired) electrons. The second-order valence-corrected chi connectivity index (χ2v) is 2.81. The van der Waals surface area contributed by atoms with Crippen LogP contribution in [0.3, 0.4) is 0 Å². The monoisotopic (exact) mass is 135 g/mol. The van der Waals surface area contributed by atoms with E-state index in [2.05, 4.69) is 30.1 Å². The minimum Gasteiger partial charge on any atom is -0.359 e. The molecule has 0 bridgehead atoms. The summed E-state index contributed by atoms with van der Waals surface area (Å²) in [4.78, 5) is 3.31. The summed E-state index contributed by atoms with van der Waals surface area (Å²) in [6.45, 7) is 2.10. The number of H-pyrrole nitrogens is 1. The Bertz CT molecular complexity index is 315. The summed E-state index contributed by atoms with van der Waals surface area (Å²) < 4.78 is 0. The van der Waals surface area contributed by atoms with E-state index in [1.54, 1.807) is 0 Å². The van der Waals surface area contributed by atoms with Gasteiger partial charge in [0.15, 0.2) is 0 Å². The van der Waals surface area contributed by atoms with Crippen LogP contribution < -0.4 is 10.6 Å². The quantitative estimate of drug-likeness (QED) is 0.544. The van der Waals surface area contributed by atoms with Gasteiger partial charge in [-0.15, -0.1) is 0 Å². The Balaban J connectivity index is 0.000000605. The number of aryl methyl sites for hydroxylation is 1. The van der Waals surface area contributed by atoms with Gasteiger partial charge in [-0.3, -0.25) is 0 Å². The lowest BCUT2D eigenvalue weighted by atomic mass is 10.2. The van der Waals surface area contributed by atoms with Crippen molar-refractivity contribution in [3.05, 3.63) is 22.3 Å². The fourth-order valence-corrected chi connectivity index (χ4v) is 1.44. The van der Waals surface area contributed by atoms with Gasteiger partial charge in [0.1, 0.15) is 0 Å². The lowest BCUT2D eigenvalue weighted by Crippen LogP contribution is -2.23. The van der Waals surface area contributed by atoms with Crippen LogP contribution in [0.5, 0.6) is 0 Å². The maximum atomic E-state index is 3.31. The molecule has 1 heteroatoms. The second-order valence-electron chi connectivity index (χ2n) is 2.81. The number of aromatic nitrogens is 1. The van der Waals surface area contributed by atoms with Crippen LogP contribution in [0.2, 0.25) is 0 Å². The van der Waals surface area contributed by atoms with Gasteiger partial charge in [0.05, 0.1) is 0 Å². The lowest BCUT2D eigenvalue weighted by molar-refractivity contribution is 1.10. The largest absolute Gasteiger partial charge is 0.359 e. The highest BCUT2D eigenvalue weighted by Gasteiger charge is 1.94. The third-order valence-corrected chi connectivity index (χ3v) is 1.89. The first-order valence-electron chi connectivity index (χ1n) is 3.72. The van der Waals surface area contributed by atoms with E-state index in [0.29, 0.717) is 0 Å². The summed E-state index contributed by atoms with van der Waals surface area (Å²) in [5.41, 5.74) is 1.26. The molecule has 0 spiro atoms. The number of hydrogen-bond acceptors (Lipinski definition) is 0. The first-order valence-corrected chi connectivity index (χ1v) is 3.72. The van der Waals surface area contributed by atoms with Crippen molar-refractivity contribution in [2.75, 3.05) is 0 Å². The molecular weight excluding hydrogens is 122 g/mol. The molecule has 54 valence electrons. The fourth-order valence-electron chi connectivity index (χ4n) is 1.44. The topological polar surface area (TPSA) is 15.8 Å². The van der Waals surface area contributed by atoms with Crippen molar-refractivity contribution in [1.82, 2.24) is 4.98 Å². The molecule has 1 aromatic heterocycles. The predicted molar refractivity (Wildman–Crippen MR) is 45.1 cm³/mol. The number of aromatic amines is 1. The molecular formula is C9H13N. The second kappa shape index (κ2) is 2.01. The van der Waals surface area contributed by atoms with Crippen molar-refractivity contribution in [3.63, 3.8) is 0 Å². The molecule has 0 saturated carbocycles. The van der Waals surface area contributed by atoms with Crippen LogP contribution in [0.1, 0.15) is 20.0 Å². The molecule has 0 aromatic carbocycles. The maximum absolute atomic E-state index is 3.31. The molecule has 0 saturated heterocycles. The summed E-state index contributed by atoms with van der Waals surface area (Å²) in [5.74, 6) is 0. The molecule has 0 fully saturated rings. The van der Waals surface area contributed by atoms with Gasteiger partial charge >= 0.3 is 0 Å². The van der Waals surface area contributed by atoms with E-state index in [9.17, 15) is 0 Å². The first kappa shape index (κ1) is 5.78. The summed E-state index contributed by atoms with van der Waals surface area (Å²) in [7, 11) is 0. The van der Waals surface area contributed by atoms with Crippen LogP contribution in [-0.2, 0) is 0 Å². The van der Waals surface area contributed by atoms with Crippen molar-refractivity contribution < 1.29 is 1.43 Å². The zero-order valence-corrected chi connectivity index (χ0v) is 6.15. The molecule has 0 atom stereocenters. The van der Waals surface area contributed by atoms with Crippen molar-refractivity contribution in [3.8, 4) is 0 Å². The molecule has 0 unspecified atom stereocenters. The SMILES string of the molecule is Cc1cc2c([nH]1)=CCCC=2.[HH]. The molecule has 1 heterocycles. The Morgan fingerprint density at radius 2 is 2.20 bits per heavy atom. The Labute approximate surface area is 61.6 Å². The maximum Gasteiger partial charge on any atom is 0.0412 e. The molecule has 10 heavy (non-hydrogen) atoms. The van der Waals surface area contributed by atoms with Crippen LogP contribution in [0.4, 0.5) is 0 Å². The normalized spacial score (nSPS) is 15.3. The molecule has 1 N–H and O–H groups in total. The zero-order chi connectivity index (χ0) is 6.97. The van der Waals surface area contributed by atoms with Gasteiger partial charge in [0.2, 0.25) is 0 Å². The minimum absolute atomic E-state index is 0. The van der Waals surface area contributed by atoms with Gasteiger partial charge in [-0.1, -0.05) is 12.2 Å². The van der Waals surface area contributed by atoms with E-state index in [1.807, 2.05) is 0 Å². The summed E-state index contributed by atoms with van der Waals surface area (Å²) in [5, 5.41) is 2.69. The Morgan fingerprint density at radius 3 is 3.00 bits per heavy atom. The van der Waals surface area contributed by atoms with E-state index in [1.165, 1.54) is 29.1 Å². The van der Waals surface area contributed by atoms with Crippen LogP contribution in [0, 0.1) is 6.92 Å². The number of nitrogens with one attached hydrogen (secondary N) is 1. The molecule has 1 nitrogen and oxygen atoms in total. The zero-order valence-electron chi connectivity index (χ0n) is 6.15. The Hall–Kier alpha value is -0.980. The minimum atomic E-state index is 0. The summed E-state index contributed by atoms with van der Waals surface area (Å²) in [6, 6.07) is 2.20. The first-order chi connectivity index (χ1) is 4.86. The molecule has 2 rings (SSSR count). The smallest absolute Gasteiger partial charge is 0.0412 e. The Morgan fingerprint density at radius 1 is 1.40 bits per heavy atom. The molecule has 0 amide bonds. The van der Waals surface area contributed by atoms with Crippen LogP contribution in [0.25, 0.3) is 12.2 Å². The predicted octanol–water partition coefficient (Wildman–Crippen LogP) is 0.924. The average molecular weight is 135 g/mol. The van der Waals surface area contributed by atoms with E-state index in [-0.39, 0.29) is 1.43 Å². The van der Waals surface area contributed by atoms with Crippen molar-refractivity contribution in [1.29, 1.82) is 0 Å². The third kappa shape index (κ3) is 0.783. The molecule has 1 aliphatic rings. The van der Waals surface area contributed by atoms with Gasteiger partial charge in [0.25, 0.3) is 0 Å². The third-order valence-electron chi connectivity index (χ3n) is 1.89. The van der Waals surface area contributed by atoms with Crippen LogP contribution >= 0.6 is 0 Å². The molecule has 1 aliphatic carbocycles. The highest BCUT2D eigenvalue weighted by Crippen LogP contribution is 1.94. The van der Waals surface area contributed by atoms with E-state index in [0.717, 1.165) is 0 Å². The van der Waals surface area contributed by atoms with E-state index >= 15 is 0 Å². The Kier molecular flexibility index (Phi) is 1.16. The molecule has 1 aromatic rings. The standard InChI is InChI=1S/C9H11N.H2/c1-7-6-8-4-2-3-5-9(8)10-7;/h4-6,10H,2-3H2,1H3;1H.